The van der Waals surface area contributed by atoms with E-state index in [1.807, 2.05) is 30.3 Å². The zero-order valence-corrected chi connectivity index (χ0v) is 12.0. The van der Waals surface area contributed by atoms with Crippen molar-refractivity contribution in [2.75, 3.05) is 19.8 Å². The summed E-state index contributed by atoms with van der Waals surface area (Å²) >= 11 is 0. The molecular weight excluding hydrogens is 270 g/mol. The van der Waals surface area contributed by atoms with Crippen molar-refractivity contribution in [3.05, 3.63) is 35.9 Å². The number of aliphatic carboxylic acids is 1. The maximum absolute atomic E-state index is 12.3. The first-order valence-corrected chi connectivity index (χ1v) is 7.30. The van der Waals surface area contributed by atoms with Gasteiger partial charge in [-0.3, -0.25) is 9.59 Å². The molecule has 1 amide bonds. The van der Waals surface area contributed by atoms with Crippen LogP contribution >= 0.6 is 0 Å². The average Bonchev–Trinajstić information content (AvgIpc) is 2.48. The summed E-state index contributed by atoms with van der Waals surface area (Å²) in [5.41, 5.74) is 1.22. The van der Waals surface area contributed by atoms with Crippen LogP contribution in [0.25, 0.3) is 0 Å². The van der Waals surface area contributed by atoms with Crippen LogP contribution in [0.15, 0.2) is 30.3 Å². The Morgan fingerprint density at radius 3 is 2.76 bits per heavy atom. The third kappa shape index (κ3) is 4.86. The number of benzene rings is 1. The van der Waals surface area contributed by atoms with E-state index in [0.717, 1.165) is 12.8 Å². The van der Waals surface area contributed by atoms with Gasteiger partial charge in [0.1, 0.15) is 0 Å². The Balaban J connectivity index is 1.81. The summed E-state index contributed by atoms with van der Waals surface area (Å²) in [6.45, 7) is 1.29. The lowest BCUT2D eigenvalue weighted by Gasteiger charge is -2.35. The van der Waals surface area contributed by atoms with Crippen molar-refractivity contribution < 1.29 is 19.4 Å². The number of rotatable bonds is 6. The van der Waals surface area contributed by atoms with Crippen LogP contribution in [0.1, 0.15) is 24.8 Å². The third-order valence-electron chi connectivity index (χ3n) is 3.66. The molecule has 114 valence electrons. The molecule has 1 heterocycles. The number of ether oxygens (including phenoxy) is 1. The Bertz CT molecular complexity index is 474. The van der Waals surface area contributed by atoms with Crippen LogP contribution < -0.4 is 0 Å². The van der Waals surface area contributed by atoms with Crippen LogP contribution in [0, 0.1) is 0 Å². The number of carbonyl (C=O) groups excluding carboxylic acids is 1. The number of carboxylic acids is 1. The predicted molar refractivity (Wildman–Crippen MR) is 78.0 cm³/mol. The van der Waals surface area contributed by atoms with Gasteiger partial charge >= 0.3 is 5.97 Å². The van der Waals surface area contributed by atoms with Crippen molar-refractivity contribution in [3.63, 3.8) is 0 Å². The van der Waals surface area contributed by atoms with E-state index < -0.39 is 5.97 Å². The van der Waals surface area contributed by atoms with Gasteiger partial charge < -0.3 is 14.7 Å². The fraction of sp³-hybridized carbons (Fsp3) is 0.500. The summed E-state index contributed by atoms with van der Waals surface area (Å²) in [4.78, 5) is 24.8. The molecule has 1 aromatic carbocycles. The highest BCUT2D eigenvalue weighted by Gasteiger charge is 2.28. The first-order valence-electron chi connectivity index (χ1n) is 7.30. The molecule has 0 bridgehead atoms. The standard InChI is InChI=1S/C16H21NO4/c18-15(8-4-7-13-5-2-1-3-6-13)17-9-10-21-12-14(17)11-16(19)20/h1-3,5-6,14H,4,7-12H2,(H,19,20). The number of hydrogen-bond acceptors (Lipinski definition) is 3. The molecule has 1 saturated heterocycles. The molecule has 0 aromatic heterocycles. The molecule has 21 heavy (non-hydrogen) atoms. The largest absolute Gasteiger partial charge is 0.481 e. The summed E-state index contributed by atoms with van der Waals surface area (Å²) < 4.78 is 5.28. The quantitative estimate of drug-likeness (QED) is 0.866. The lowest BCUT2D eigenvalue weighted by Crippen LogP contribution is -2.49. The lowest BCUT2D eigenvalue weighted by atomic mass is 10.1. The molecule has 0 spiro atoms. The van der Waals surface area contributed by atoms with E-state index in [-0.39, 0.29) is 18.4 Å². The van der Waals surface area contributed by atoms with Gasteiger partial charge in [-0.2, -0.15) is 0 Å². The molecule has 1 N–H and O–H groups in total. The van der Waals surface area contributed by atoms with E-state index >= 15 is 0 Å². The molecule has 5 heteroatoms. The fourth-order valence-corrected chi connectivity index (χ4v) is 2.59. The van der Waals surface area contributed by atoms with E-state index in [4.69, 9.17) is 9.84 Å². The highest BCUT2D eigenvalue weighted by molar-refractivity contribution is 5.77. The second-order valence-electron chi connectivity index (χ2n) is 5.25. The van der Waals surface area contributed by atoms with Crippen molar-refractivity contribution in [1.82, 2.24) is 4.90 Å². The van der Waals surface area contributed by atoms with Gasteiger partial charge in [-0.05, 0) is 18.4 Å². The molecule has 0 saturated carbocycles. The Kier molecular flexibility index (Phi) is 5.75. The minimum Gasteiger partial charge on any atom is -0.481 e. The number of carboxylic acid groups (broad SMARTS) is 1. The maximum atomic E-state index is 12.3. The fourth-order valence-electron chi connectivity index (χ4n) is 2.59. The smallest absolute Gasteiger partial charge is 0.305 e. The SMILES string of the molecule is O=C(O)CC1COCCN1C(=O)CCCc1ccccc1. The van der Waals surface area contributed by atoms with Gasteiger partial charge in [0.25, 0.3) is 0 Å². The van der Waals surface area contributed by atoms with Gasteiger partial charge in [0.05, 0.1) is 25.7 Å². The van der Waals surface area contributed by atoms with Crippen LogP contribution in [-0.4, -0.2) is 47.7 Å². The summed E-state index contributed by atoms with van der Waals surface area (Å²) in [6, 6.07) is 9.71. The summed E-state index contributed by atoms with van der Waals surface area (Å²) in [6.07, 6.45) is 2.04. The normalized spacial score (nSPS) is 18.5. The van der Waals surface area contributed by atoms with Crippen LogP contribution in [0.2, 0.25) is 0 Å². The first-order chi connectivity index (χ1) is 10.2. The van der Waals surface area contributed by atoms with Crippen molar-refractivity contribution in [3.8, 4) is 0 Å². The van der Waals surface area contributed by atoms with Crippen molar-refractivity contribution in [1.29, 1.82) is 0 Å². The van der Waals surface area contributed by atoms with E-state index in [1.54, 1.807) is 4.90 Å². The second kappa shape index (κ2) is 7.78. The summed E-state index contributed by atoms with van der Waals surface area (Å²) in [7, 11) is 0. The van der Waals surface area contributed by atoms with E-state index in [2.05, 4.69) is 0 Å². The average molecular weight is 291 g/mol. The Labute approximate surface area is 124 Å². The molecule has 1 aliphatic rings. The molecule has 5 nitrogen and oxygen atoms in total. The van der Waals surface area contributed by atoms with Crippen LogP contribution in [0.4, 0.5) is 0 Å². The van der Waals surface area contributed by atoms with Crippen LogP contribution in [0.5, 0.6) is 0 Å². The van der Waals surface area contributed by atoms with E-state index in [9.17, 15) is 9.59 Å². The number of hydrogen-bond donors (Lipinski definition) is 1. The second-order valence-corrected chi connectivity index (χ2v) is 5.25. The molecule has 0 aliphatic carbocycles. The van der Waals surface area contributed by atoms with Gasteiger partial charge in [0.15, 0.2) is 0 Å². The molecule has 1 atom stereocenters. The van der Waals surface area contributed by atoms with Crippen molar-refractivity contribution >= 4 is 11.9 Å². The monoisotopic (exact) mass is 291 g/mol. The minimum atomic E-state index is -0.896. The Morgan fingerprint density at radius 2 is 2.05 bits per heavy atom. The number of morpholine rings is 1. The van der Waals surface area contributed by atoms with Gasteiger partial charge in [-0.25, -0.2) is 0 Å². The van der Waals surface area contributed by atoms with Gasteiger partial charge in [0.2, 0.25) is 5.91 Å². The summed E-state index contributed by atoms with van der Waals surface area (Å²) in [5.74, 6) is -0.868. The molecule has 1 fully saturated rings. The molecule has 1 unspecified atom stereocenters. The van der Waals surface area contributed by atoms with E-state index in [0.29, 0.717) is 26.2 Å². The Morgan fingerprint density at radius 1 is 1.29 bits per heavy atom. The number of nitrogens with zero attached hydrogens (tertiary/aromatic N) is 1. The van der Waals surface area contributed by atoms with Gasteiger partial charge in [0, 0.05) is 13.0 Å². The number of amides is 1. The highest BCUT2D eigenvalue weighted by atomic mass is 16.5. The van der Waals surface area contributed by atoms with Crippen molar-refractivity contribution in [2.24, 2.45) is 0 Å². The zero-order chi connectivity index (χ0) is 15.1. The van der Waals surface area contributed by atoms with Crippen LogP contribution in [-0.2, 0) is 20.7 Å². The molecule has 2 rings (SSSR count). The third-order valence-corrected chi connectivity index (χ3v) is 3.66. The zero-order valence-electron chi connectivity index (χ0n) is 12.0. The molecule has 0 radical (unpaired) electrons. The number of aryl methyl sites for hydroxylation is 1. The maximum Gasteiger partial charge on any atom is 0.305 e. The summed E-state index contributed by atoms with van der Waals surface area (Å²) in [5, 5.41) is 8.90. The molecule has 1 aliphatic heterocycles. The topological polar surface area (TPSA) is 66.8 Å². The minimum absolute atomic E-state index is 0.0282. The predicted octanol–water partition coefficient (Wildman–Crippen LogP) is 1.71. The van der Waals surface area contributed by atoms with Crippen molar-refractivity contribution in [2.45, 2.75) is 31.7 Å². The lowest BCUT2D eigenvalue weighted by molar-refractivity contribution is -0.146. The highest BCUT2D eigenvalue weighted by Crippen LogP contribution is 2.14. The number of carbonyl (C=O) groups is 2. The first kappa shape index (κ1) is 15.5. The Hall–Kier alpha value is -1.88. The van der Waals surface area contributed by atoms with Crippen LogP contribution in [0.3, 0.4) is 0 Å². The molecular formula is C16H21NO4. The van der Waals surface area contributed by atoms with Gasteiger partial charge in [-0.15, -0.1) is 0 Å². The van der Waals surface area contributed by atoms with E-state index in [1.165, 1.54) is 5.56 Å². The van der Waals surface area contributed by atoms with Gasteiger partial charge in [-0.1, -0.05) is 30.3 Å². The molecule has 1 aromatic rings.